The predicted octanol–water partition coefficient (Wildman–Crippen LogP) is 3.76. The maximum absolute atomic E-state index is 10.1. The SMILES string of the molecule is CC(O)C1C2CC3CC1CC(c1ccccc1)(C3)C2. The van der Waals surface area contributed by atoms with Crippen molar-refractivity contribution in [3.05, 3.63) is 35.9 Å². The van der Waals surface area contributed by atoms with Crippen molar-refractivity contribution in [1.29, 1.82) is 0 Å². The zero-order chi connectivity index (χ0) is 13.0. The Morgan fingerprint density at radius 3 is 2.26 bits per heavy atom. The fourth-order valence-corrected chi connectivity index (χ4v) is 6.00. The highest BCUT2D eigenvalue weighted by Gasteiger charge is 2.56. The van der Waals surface area contributed by atoms with E-state index in [1.165, 1.54) is 32.1 Å². The minimum Gasteiger partial charge on any atom is -0.393 e. The van der Waals surface area contributed by atoms with Crippen molar-refractivity contribution in [2.45, 2.75) is 50.5 Å². The van der Waals surface area contributed by atoms with Gasteiger partial charge in [-0.15, -0.1) is 0 Å². The lowest BCUT2D eigenvalue weighted by atomic mass is 9.44. The largest absolute Gasteiger partial charge is 0.393 e. The highest BCUT2D eigenvalue weighted by atomic mass is 16.3. The number of benzene rings is 1. The molecule has 3 atom stereocenters. The van der Waals surface area contributed by atoms with Gasteiger partial charge in [0, 0.05) is 0 Å². The van der Waals surface area contributed by atoms with E-state index in [0.717, 1.165) is 17.8 Å². The summed E-state index contributed by atoms with van der Waals surface area (Å²) in [6.07, 6.45) is 6.68. The van der Waals surface area contributed by atoms with Crippen molar-refractivity contribution < 1.29 is 5.11 Å². The molecule has 4 fully saturated rings. The van der Waals surface area contributed by atoms with Gasteiger partial charge in [-0.05, 0) is 73.7 Å². The summed E-state index contributed by atoms with van der Waals surface area (Å²) in [6.45, 7) is 2.02. The molecular weight excluding hydrogens is 232 g/mol. The van der Waals surface area contributed by atoms with Gasteiger partial charge < -0.3 is 5.11 Å². The molecule has 0 saturated heterocycles. The van der Waals surface area contributed by atoms with E-state index < -0.39 is 0 Å². The van der Waals surface area contributed by atoms with Gasteiger partial charge in [0.25, 0.3) is 0 Å². The average molecular weight is 256 g/mol. The molecule has 0 spiro atoms. The topological polar surface area (TPSA) is 20.2 Å². The zero-order valence-corrected chi connectivity index (χ0v) is 11.8. The standard InChI is InChI=1S/C18H24O/c1-12(19)17-14-7-13-8-15(17)11-18(9-13,10-14)16-5-3-2-4-6-16/h2-6,12-15,17,19H,7-11H2,1H3. The number of hydrogen-bond acceptors (Lipinski definition) is 1. The highest BCUT2D eigenvalue weighted by Crippen LogP contribution is 2.63. The van der Waals surface area contributed by atoms with Crippen molar-refractivity contribution in [2.75, 3.05) is 0 Å². The Kier molecular flexibility index (Phi) is 2.57. The normalized spacial score (nSPS) is 45.4. The lowest BCUT2D eigenvalue weighted by molar-refractivity contribution is -0.0977. The van der Waals surface area contributed by atoms with E-state index in [2.05, 4.69) is 30.3 Å². The summed E-state index contributed by atoms with van der Waals surface area (Å²) >= 11 is 0. The van der Waals surface area contributed by atoms with Gasteiger partial charge in [0.1, 0.15) is 0 Å². The molecule has 0 radical (unpaired) electrons. The first kappa shape index (κ1) is 12.0. The Morgan fingerprint density at radius 2 is 1.68 bits per heavy atom. The number of aliphatic hydroxyl groups is 1. The Bertz CT molecular complexity index is 448. The van der Waals surface area contributed by atoms with E-state index in [-0.39, 0.29) is 6.10 Å². The van der Waals surface area contributed by atoms with Crippen LogP contribution in [0.2, 0.25) is 0 Å². The number of rotatable bonds is 2. The lowest BCUT2D eigenvalue weighted by Gasteiger charge is -2.61. The summed E-state index contributed by atoms with van der Waals surface area (Å²) in [7, 11) is 0. The van der Waals surface area contributed by atoms with Crippen LogP contribution >= 0.6 is 0 Å². The molecule has 4 aliphatic carbocycles. The van der Waals surface area contributed by atoms with Gasteiger partial charge >= 0.3 is 0 Å². The third kappa shape index (κ3) is 1.71. The fraction of sp³-hybridized carbons (Fsp3) is 0.667. The summed E-state index contributed by atoms with van der Waals surface area (Å²) < 4.78 is 0. The van der Waals surface area contributed by atoms with E-state index >= 15 is 0 Å². The Labute approximate surface area is 116 Å². The molecular formula is C18H24O. The summed E-state index contributed by atoms with van der Waals surface area (Å²) in [6, 6.07) is 11.2. The van der Waals surface area contributed by atoms with Crippen LogP contribution in [0, 0.1) is 23.7 Å². The number of hydrogen-bond donors (Lipinski definition) is 1. The smallest absolute Gasteiger partial charge is 0.0545 e. The van der Waals surface area contributed by atoms with E-state index in [1.807, 2.05) is 6.92 Å². The van der Waals surface area contributed by atoms with E-state index in [4.69, 9.17) is 0 Å². The van der Waals surface area contributed by atoms with Gasteiger partial charge in [0.05, 0.1) is 6.10 Å². The molecule has 5 rings (SSSR count). The van der Waals surface area contributed by atoms with E-state index in [9.17, 15) is 5.11 Å². The van der Waals surface area contributed by atoms with Crippen molar-refractivity contribution >= 4 is 0 Å². The Balaban J connectivity index is 1.71. The summed E-state index contributed by atoms with van der Waals surface area (Å²) in [5, 5.41) is 10.1. The van der Waals surface area contributed by atoms with Crippen LogP contribution in [-0.2, 0) is 5.41 Å². The summed E-state index contributed by atoms with van der Waals surface area (Å²) in [5.41, 5.74) is 2.02. The monoisotopic (exact) mass is 256 g/mol. The van der Waals surface area contributed by atoms with Crippen LogP contribution in [0.3, 0.4) is 0 Å². The molecule has 0 amide bonds. The number of aliphatic hydroxyl groups excluding tert-OH is 1. The second-order valence-corrected chi connectivity index (χ2v) is 7.43. The molecule has 0 aromatic heterocycles. The molecule has 1 N–H and O–H groups in total. The average Bonchev–Trinajstić information content (AvgIpc) is 2.38. The molecule has 102 valence electrons. The lowest BCUT2D eigenvalue weighted by Crippen LogP contribution is -2.55. The summed E-state index contributed by atoms with van der Waals surface area (Å²) in [5.74, 6) is 3.04. The van der Waals surface area contributed by atoms with Gasteiger partial charge in [-0.2, -0.15) is 0 Å². The van der Waals surface area contributed by atoms with Crippen molar-refractivity contribution in [3.63, 3.8) is 0 Å². The first-order chi connectivity index (χ1) is 9.18. The fourth-order valence-electron chi connectivity index (χ4n) is 6.00. The summed E-state index contributed by atoms with van der Waals surface area (Å²) in [4.78, 5) is 0. The Morgan fingerprint density at radius 1 is 1.05 bits per heavy atom. The third-order valence-corrected chi connectivity index (χ3v) is 6.29. The first-order valence-corrected chi connectivity index (χ1v) is 7.91. The second kappa shape index (κ2) is 4.09. The molecule has 1 nitrogen and oxygen atoms in total. The Hall–Kier alpha value is -0.820. The molecule has 0 heterocycles. The first-order valence-electron chi connectivity index (χ1n) is 7.91. The quantitative estimate of drug-likeness (QED) is 0.854. The molecule has 1 aromatic carbocycles. The molecule has 4 aliphatic rings. The second-order valence-electron chi connectivity index (χ2n) is 7.43. The molecule has 4 saturated carbocycles. The molecule has 3 unspecified atom stereocenters. The van der Waals surface area contributed by atoms with Gasteiger partial charge in [0.2, 0.25) is 0 Å². The van der Waals surface area contributed by atoms with Gasteiger partial charge in [-0.25, -0.2) is 0 Å². The van der Waals surface area contributed by atoms with Crippen molar-refractivity contribution in [3.8, 4) is 0 Å². The molecule has 1 aromatic rings. The minimum absolute atomic E-state index is 0.108. The highest BCUT2D eigenvalue weighted by molar-refractivity contribution is 5.29. The van der Waals surface area contributed by atoms with Gasteiger partial charge in [-0.1, -0.05) is 30.3 Å². The van der Waals surface area contributed by atoms with Crippen LogP contribution in [0.1, 0.15) is 44.6 Å². The molecule has 0 aliphatic heterocycles. The molecule has 19 heavy (non-hydrogen) atoms. The predicted molar refractivity (Wildman–Crippen MR) is 76.8 cm³/mol. The van der Waals surface area contributed by atoms with E-state index in [1.54, 1.807) is 5.56 Å². The maximum Gasteiger partial charge on any atom is 0.0545 e. The third-order valence-electron chi connectivity index (χ3n) is 6.29. The maximum atomic E-state index is 10.1. The van der Waals surface area contributed by atoms with Crippen LogP contribution in [0.25, 0.3) is 0 Å². The molecule has 1 heteroatoms. The van der Waals surface area contributed by atoms with Crippen LogP contribution in [0.5, 0.6) is 0 Å². The van der Waals surface area contributed by atoms with Crippen LogP contribution < -0.4 is 0 Å². The van der Waals surface area contributed by atoms with Crippen molar-refractivity contribution in [2.24, 2.45) is 23.7 Å². The molecule has 4 bridgehead atoms. The van der Waals surface area contributed by atoms with Gasteiger partial charge in [0.15, 0.2) is 0 Å². The van der Waals surface area contributed by atoms with E-state index in [0.29, 0.717) is 11.3 Å². The van der Waals surface area contributed by atoms with Crippen LogP contribution in [0.4, 0.5) is 0 Å². The minimum atomic E-state index is -0.108. The van der Waals surface area contributed by atoms with Crippen molar-refractivity contribution in [1.82, 2.24) is 0 Å². The van der Waals surface area contributed by atoms with Gasteiger partial charge in [-0.3, -0.25) is 0 Å². The van der Waals surface area contributed by atoms with Crippen LogP contribution in [0.15, 0.2) is 30.3 Å². The van der Waals surface area contributed by atoms with Crippen LogP contribution in [-0.4, -0.2) is 11.2 Å². The zero-order valence-electron chi connectivity index (χ0n) is 11.8.